The molecule has 0 spiro atoms. The Morgan fingerprint density at radius 3 is 2.39 bits per heavy atom. The summed E-state index contributed by atoms with van der Waals surface area (Å²) < 4.78 is 42.8. The minimum atomic E-state index is -4.58. The molecule has 1 unspecified atom stereocenters. The third kappa shape index (κ3) is 6.80. The third-order valence-corrected chi connectivity index (χ3v) is 3.00. The van der Waals surface area contributed by atoms with Crippen molar-refractivity contribution in [3.05, 3.63) is 29.3 Å². The second kappa shape index (κ2) is 7.10. The molecule has 0 bridgehead atoms. The van der Waals surface area contributed by atoms with E-state index < -0.39 is 29.2 Å². The topological polar surface area (TPSA) is 58.6 Å². The van der Waals surface area contributed by atoms with Crippen molar-refractivity contribution in [3.8, 4) is 5.75 Å². The van der Waals surface area contributed by atoms with Crippen LogP contribution in [0.25, 0.3) is 0 Å². The van der Waals surface area contributed by atoms with Gasteiger partial charge in [0.25, 0.3) is 0 Å². The normalized spacial score (nSPS) is 13.5. The summed E-state index contributed by atoms with van der Waals surface area (Å²) in [7, 11) is 0. The molecule has 1 aromatic rings. The second-order valence-corrected chi connectivity index (χ2v) is 6.44. The van der Waals surface area contributed by atoms with Crippen LogP contribution in [0, 0.1) is 0 Å². The molecule has 1 atom stereocenters. The van der Waals surface area contributed by atoms with Gasteiger partial charge in [0, 0.05) is 6.04 Å². The van der Waals surface area contributed by atoms with Gasteiger partial charge < -0.3 is 15.2 Å². The van der Waals surface area contributed by atoms with Gasteiger partial charge in [0.2, 0.25) is 0 Å². The molecular formula is C16H22F3NO3. The highest BCUT2D eigenvalue weighted by molar-refractivity contribution is 5.68. The van der Waals surface area contributed by atoms with Crippen molar-refractivity contribution in [2.45, 2.75) is 58.4 Å². The van der Waals surface area contributed by atoms with Crippen molar-refractivity contribution >= 4 is 6.09 Å². The Kier molecular flexibility index (Phi) is 5.91. The van der Waals surface area contributed by atoms with Gasteiger partial charge in [-0.15, -0.1) is 0 Å². The number of carbonyl (C=O) groups is 1. The Morgan fingerprint density at radius 2 is 1.91 bits per heavy atom. The van der Waals surface area contributed by atoms with Crippen LogP contribution in [-0.2, 0) is 17.3 Å². The molecule has 2 N–H and O–H groups in total. The van der Waals surface area contributed by atoms with Gasteiger partial charge >= 0.3 is 12.3 Å². The van der Waals surface area contributed by atoms with Crippen molar-refractivity contribution in [3.63, 3.8) is 0 Å². The number of aryl methyl sites for hydroxylation is 1. The van der Waals surface area contributed by atoms with Crippen LogP contribution in [0.1, 0.15) is 45.2 Å². The summed E-state index contributed by atoms with van der Waals surface area (Å²) in [4.78, 5) is 11.6. The zero-order chi connectivity index (χ0) is 17.8. The maximum absolute atomic E-state index is 12.6. The molecule has 1 amide bonds. The number of aromatic hydroxyl groups is 1. The van der Waals surface area contributed by atoms with Crippen LogP contribution in [0.2, 0.25) is 0 Å². The van der Waals surface area contributed by atoms with Crippen LogP contribution in [0.15, 0.2) is 18.2 Å². The van der Waals surface area contributed by atoms with Gasteiger partial charge in [0.05, 0.1) is 5.56 Å². The first-order valence-electron chi connectivity index (χ1n) is 7.27. The van der Waals surface area contributed by atoms with E-state index in [4.69, 9.17) is 4.74 Å². The van der Waals surface area contributed by atoms with Gasteiger partial charge in [-0.2, -0.15) is 13.2 Å². The smallest absolute Gasteiger partial charge is 0.419 e. The van der Waals surface area contributed by atoms with E-state index in [2.05, 4.69) is 5.32 Å². The first-order chi connectivity index (χ1) is 10.4. The number of alkyl halides is 3. The molecular weight excluding hydrogens is 311 g/mol. The number of phenols is 1. The highest BCUT2D eigenvalue weighted by Crippen LogP contribution is 2.36. The molecule has 1 aromatic carbocycles. The SMILES string of the molecule is CC(CCc1ccc(C(F)(F)F)c(O)c1)NC(=O)OC(C)(C)C. The lowest BCUT2D eigenvalue weighted by molar-refractivity contribution is -0.138. The summed E-state index contributed by atoms with van der Waals surface area (Å²) in [5.74, 6) is -0.789. The number of halogens is 3. The number of rotatable bonds is 4. The molecule has 0 fully saturated rings. The Labute approximate surface area is 133 Å². The molecule has 0 aromatic heterocycles. The molecule has 0 saturated carbocycles. The van der Waals surface area contributed by atoms with Gasteiger partial charge in [-0.05, 0) is 58.2 Å². The molecule has 4 nitrogen and oxygen atoms in total. The van der Waals surface area contributed by atoms with Crippen molar-refractivity contribution in [1.29, 1.82) is 0 Å². The number of ether oxygens (including phenoxy) is 1. The van der Waals surface area contributed by atoms with Gasteiger partial charge in [-0.25, -0.2) is 4.79 Å². The lowest BCUT2D eigenvalue weighted by Crippen LogP contribution is -2.37. The number of alkyl carbamates (subject to hydrolysis) is 1. The van der Waals surface area contributed by atoms with Gasteiger partial charge in [0.1, 0.15) is 11.4 Å². The highest BCUT2D eigenvalue weighted by atomic mass is 19.4. The lowest BCUT2D eigenvalue weighted by Gasteiger charge is -2.22. The minimum absolute atomic E-state index is 0.214. The zero-order valence-corrected chi connectivity index (χ0v) is 13.6. The molecule has 1 rings (SSSR count). The Morgan fingerprint density at radius 1 is 1.30 bits per heavy atom. The van der Waals surface area contributed by atoms with E-state index in [1.54, 1.807) is 27.7 Å². The number of amides is 1. The lowest BCUT2D eigenvalue weighted by atomic mass is 10.0. The van der Waals surface area contributed by atoms with E-state index in [0.29, 0.717) is 18.4 Å². The van der Waals surface area contributed by atoms with Crippen LogP contribution in [0.3, 0.4) is 0 Å². The molecule has 7 heteroatoms. The van der Waals surface area contributed by atoms with Gasteiger partial charge in [0.15, 0.2) is 0 Å². The predicted octanol–water partition coefficient (Wildman–Crippen LogP) is 4.26. The van der Waals surface area contributed by atoms with E-state index in [9.17, 15) is 23.1 Å². The zero-order valence-electron chi connectivity index (χ0n) is 13.6. The van der Waals surface area contributed by atoms with E-state index in [0.717, 1.165) is 12.1 Å². The molecule has 0 aliphatic carbocycles. The third-order valence-electron chi connectivity index (χ3n) is 3.00. The van der Waals surface area contributed by atoms with Crippen LogP contribution >= 0.6 is 0 Å². The van der Waals surface area contributed by atoms with Crippen LogP contribution in [0.4, 0.5) is 18.0 Å². The largest absolute Gasteiger partial charge is 0.507 e. The standard InChI is InChI=1S/C16H22F3NO3/c1-10(20-14(22)23-15(2,3)4)5-6-11-7-8-12(13(21)9-11)16(17,18)19/h7-10,21H,5-6H2,1-4H3,(H,20,22). The molecule has 0 aliphatic heterocycles. The summed E-state index contributed by atoms with van der Waals surface area (Å²) in [5, 5.41) is 12.1. The first kappa shape index (κ1) is 19.1. The fourth-order valence-corrected chi connectivity index (χ4v) is 1.94. The van der Waals surface area contributed by atoms with Gasteiger partial charge in [-0.3, -0.25) is 0 Å². The molecule has 130 valence electrons. The summed E-state index contributed by atoms with van der Waals surface area (Å²) in [6.45, 7) is 7.03. The summed E-state index contributed by atoms with van der Waals surface area (Å²) in [6.07, 6.45) is -4.19. The number of phenolic OH excluding ortho intramolecular Hbond substituents is 1. The fraction of sp³-hybridized carbons (Fsp3) is 0.562. The van der Waals surface area contributed by atoms with Crippen molar-refractivity contribution in [2.24, 2.45) is 0 Å². The molecule has 0 saturated heterocycles. The predicted molar refractivity (Wildman–Crippen MR) is 80.3 cm³/mol. The van der Waals surface area contributed by atoms with Crippen molar-refractivity contribution in [2.75, 3.05) is 0 Å². The maximum atomic E-state index is 12.6. The summed E-state index contributed by atoms with van der Waals surface area (Å²) >= 11 is 0. The number of hydrogen-bond donors (Lipinski definition) is 2. The summed E-state index contributed by atoms with van der Waals surface area (Å²) in [6, 6.07) is 3.07. The number of hydrogen-bond acceptors (Lipinski definition) is 3. The van der Waals surface area contributed by atoms with Crippen molar-refractivity contribution in [1.82, 2.24) is 5.32 Å². The average Bonchev–Trinajstić information content (AvgIpc) is 2.32. The van der Waals surface area contributed by atoms with E-state index in [1.807, 2.05) is 0 Å². The van der Waals surface area contributed by atoms with E-state index >= 15 is 0 Å². The van der Waals surface area contributed by atoms with E-state index in [-0.39, 0.29) is 6.04 Å². The van der Waals surface area contributed by atoms with Crippen LogP contribution in [-0.4, -0.2) is 22.8 Å². The first-order valence-corrected chi connectivity index (χ1v) is 7.27. The Balaban J connectivity index is 2.55. The van der Waals surface area contributed by atoms with Crippen molar-refractivity contribution < 1.29 is 27.8 Å². The number of benzene rings is 1. The number of nitrogens with one attached hydrogen (secondary N) is 1. The van der Waals surface area contributed by atoms with E-state index in [1.165, 1.54) is 6.07 Å². The van der Waals surface area contributed by atoms with Crippen LogP contribution in [0.5, 0.6) is 5.75 Å². The average molecular weight is 333 g/mol. The summed E-state index contributed by atoms with van der Waals surface area (Å²) in [5.41, 5.74) is -1.09. The molecule has 0 radical (unpaired) electrons. The second-order valence-electron chi connectivity index (χ2n) is 6.44. The highest BCUT2D eigenvalue weighted by Gasteiger charge is 2.33. The fourth-order valence-electron chi connectivity index (χ4n) is 1.94. The molecule has 0 heterocycles. The molecule has 23 heavy (non-hydrogen) atoms. The van der Waals surface area contributed by atoms with Gasteiger partial charge in [-0.1, -0.05) is 6.07 Å². The Bertz CT molecular complexity index is 550. The van der Waals surface area contributed by atoms with Crippen LogP contribution < -0.4 is 5.32 Å². The maximum Gasteiger partial charge on any atom is 0.419 e. The number of carbonyl (C=O) groups excluding carboxylic acids is 1. The quantitative estimate of drug-likeness (QED) is 0.866. The monoisotopic (exact) mass is 333 g/mol. The minimum Gasteiger partial charge on any atom is -0.507 e. The molecule has 0 aliphatic rings. The Hall–Kier alpha value is -1.92.